The van der Waals surface area contributed by atoms with Crippen molar-refractivity contribution >= 4 is 50.6 Å². The lowest BCUT2D eigenvalue weighted by atomic mass is 9.48. The van der Waals surface area contributed by atoms with E-state index < -0.39 is 99.5 Å². The van der Waals surface area contributed by atoms with Crippen molar-refractivity contribution in [3.63, 3.8) is 0 Å². The van der Waals surface area contributed by atoms with Crippen LogP contribution in [0.2, 0.25) is 0 Å². The van der Waals surface area contributed by atoms with Gasteiger partial charge >= 0.3 is 17.9 Å². The molecule has 11 nitrogen and oxygen atoms in total. The van der Waals surface area contributed by atoms with Crippen molar-refractivity contribution in [2.45, 2.75) is 16.7 Å². The summed E-state index contributed by atoms with van der Waals surface area (Å²) in [5.41, 5.74) is -0.150. The third kappa shape index (κ3) is 6.88. The van der Waals surface area contributed by atoms with E-state index in [1.807, 2.05) is 42.5 Å². The number of hydrogen-bond acceptors (Lipinski definition) is 9. The molecule has 0 aliphatic heterocycles. The first-order valence-corrected chi connectivity index (χ1v) is 18.1. The largest absolute Gasteiger partial charge is 0.490 e. The van der Waals surface area contributed by atoms with Crippen molar-refractivity contribution in [3.8, 4) is 11.5 Å². The van der Waals surface area contributed by atoms with Crippen LogP contribution in [0.25, 0.3) is 0 Å². The topological polar surface area (TPSA) is 163 Å². The molecule has 6 atom stereocenters. The molecule has 1 saturated carbocycles. The number of aromatic carboxylic acids is 1. The Morgan fingerprint density at radius 1 is 0.731 bits per heavy atom. The van der Waals surface area contributed by atoms with Crippen molar-refractivity contribution in [1.29, 1.82) is 0 Å². The monoisotopic (exact) mass is 858 g/mol. The van der Waals surface area contributed by atoms with E-state index in [4.69, 9.17) is 24.1 Å². The van der Waals surface area contributed by atoms with E-state index in [-0.39, 0.29) is 39.3 Å². The first kappa shape index (κ1) is 37.3. The van der Waals surface area contributed by atoms with Gasteiger partial charge in [-0.2, -0.15) is 17.2 Å². The van der Waals surface area contributed by atoms with Gasteiger partial charge in [0.05, 0.1) is 11.8 Å². The van der Waals surface area contributed by atoms with E-state index in [9.17, 15) is 44.9 Å². The van der Waals surface area contributed by atoms with Crippen LogP contribution in [0, 0.1) is 50.5 Å². The van der Waals surface area contributed by atoms with Crippen molar-refractivity contribution in [3.05, 3.63) is 110 Å². The maximum atomic E-state index is 14.4. The van der Waals surface area contributed by atoms with Gasteiger partial charge in [0.1, 0.15) is 42.6 Å². The number of benzene rings is 3. The highest BCUT2D eigenvalue weighted by atomic mass is 127. The van der Waals surface area contributed by atoms with Gasteiger partial charge in [0.2, 0.25) is 11.6 Å². The number of allylic oxidation sites excluding steroid dienone is 4. The van der Waals surface area contributed by atoms with Gasteiger partial charge in [0.25, 0.3) is 10.1 Å². The number of esters is 2. The SMILES string of the molecule is O=C(O)c1c(F)c(F)c(OCCOC(=O)C2C(C(=O)OCCOc3ccc(S(=O)(=O)O)c(I)c3)C3c4ccccc4C2C2C=CC=CC23)c(F)c1F. The van der Waals surface area contributed by atoms with E-state index in [0.29, 0.717) is 0 Å². The molecule has 7 rings (SSSR count). The highest BCUT2D eigenvalue weighted by Crippen LogP contribution is 2.62. The first-order chi connectivity index (χ1) is 24.7. The minimum atomic E-state index is -4.44. The molecule has 274 valence electrons. The summed E-state index contributed by atoms with van der Waals surface area (Å²) in [6.07, 6.45) is 7.60. The maximum absolute atomic E-state index is 14.4. The second-order valence-electron chi connectivity index (χ2n) is 12.0. The van der Waals surface area contributed by atoms with Gasteiger partial charge < -0.3 is 24.1 Å². The summed E-state index contributed by atoms with van der Waals surface area (Å²) in [7, 11) is -4.44. The Hall–Kier alpha value is -4.49. The average Bonchev–Trinajstić information content (AvgIpc) is 3.11. The standard InChI is InChI=1S/C35H27F4IO11S/c36-28-27(33(41)42)29(37)31(39)32(30(28)38)49-12-14-51-35(44)26-24-19-7-3-1-5-17(19)23(18-6-2-4-8-20(18)24)25(26)34(43)50-13-11-48-16-9-10-22(21(40)15-16)52(45,46)47/h1-10,15,17,19,23-26H,11-14H2,(H,41,42)(H,45,46,47). The molecule has 0 saturated heterocycles. The Bertz CT molecular complexity index is 2090. The Morgan fingerprint density at radius 3 is 1.69 bits per heavy atom. The van der Waals surface area contributed by atoms with E-state index >= 15 is 0 Å². The number of halogens is 5. The molecule has 6 unspecified atom stereocenters. The van der Waals surface area contributed by atoms with Crippen molar-refractivity contribution < 1.29 is 69.0 Å². The fraction of sp³-hybridized carbons (Fsp3) is 0.286. The summed E-state index contributed by atoms with van der Waals surface area (Å²) in [4.78, 5) is 38.5. The van der Waals surface area contributed by atoms with Crippen LogP contribution in [0.3, 0.4) is 0 Å². The van der Waals surface area contributed by atoms with Crippen LogP contribution in [0.1, 0.15) is 33.3 Å². The number of fused-ring (bicyclic) bond motifs is 1. The molecule has 0 heterocycles. The van der Waals surface area contributed by atoms with E-state index in [1.165, 1.54) is 12.1 Å². The third-order valence-corrected chi connectivity index (χ3v) is 11.4. The van der Waals surface area contributed by atoms with Crippen LogP contribution in [0.15, 0.2) is 71.7 Å². The zero-order chi connectivity index (χ0) is 37.5. The Morgan fingerprint density at radius 2 is 1.23 bits per heavy atom. The number of carboxylic acid groups (broad SMARTS) is 1. The molecule has 52 heavy (non-hydrogen) atoms. The molecule has 3 aromatic carbocycles. The van der Waals surface area contributed by atoms with Crippen LogP contribution in [-0.2, 0) is 29.2 Å². The number of hydrogen-bond donors (Lipinski definition) is 2. The van der Waals surface area contributed by atoms with E-state index in [0.717, 1.165) is 17.2 Å². The molecule has 2 bridgehead atoms. The Kier molecular flexibility index (Phi) is 10.7. The summed E-state index contributed by atoms with van der Waals surface area (Å²) < 4.78 is 111. The second-order valence-corrected chi connectivity index (χ2v) is 14.6. The van der Waals surface area contributed by atoms with Crippen LogP contribution in [0.4, 0.5) is 17.6 Å². The minimum Gasteiger partial charge on any atom is -0.490 e. The first-order valence-electron chi connectivity index (χ1n) is 15.6. The smallest absolute Gasteiger partial charge is 0.341 e. The van der Waals surface area contributed by atoms with Gasteiger partial charge in [0.15, 0.2) is 17.4 Å². The molecule has 1 fully saturated rings. The molecule has 3 aromatic rings. The molecule has 0 amide bonds. The van der Waals surface area contributed by atoms with Crippen molar-refractivity contribution in [1.82, 2.24) is 0 Å². The zero-order valence-corrected chi connectivity index (χ0v) is 29.5. The fourth-order valence-corrected chi connectivity index (χ4v) is 9.15. The summed E-state index contributed by atoms with van der Waals surface area (Å²) in [5, 5.41) is 8.89. The highest BCUT2D eigenvalue weighted by Gasteiger charge is 2.60. The van der Waals surface area contributed by atoms with E-state index in [2.05, 4.69) is 0 Å². The summed E-state index contributed by atoms with van der Waals surface area (Å²) >= 11 is 1.72. The van der Waals surface area contributed by atoms with Gasteiger partial charge in [0, 0.05) is 15.4 Å². The van der Waals surface area contributed by atoms with Gasteiger partial charge in [-0.15, -0.1) is 0 Å². The zero-order valence-electron chi connectivity index (χ0n) is 26.5. The predicted octanol–water partition coefficient (Wildman–Crippen LogP) is 5.82. The quantitative estimate of drug-likeness (QED) is 0.0564. The maximum Gasteiger partial charge on any atom is 0.341 e. The summed E-state index contributed by atoms with van der Waals surface area (Å²) in [6.45, 7) is -1.85. The number of carboxylic acids is 1. The summed E-state index contributed by atoms with van der Waals surface area (Å²) in [5.74, 6) is -17.2. The van der Waals surface area contributed by atoms with Crippen LogP contribution in [0.5, 0.6) is 11.5 Å². The lowest BCUT2D eigenvalue weighted by Gasteiger charge is -2.54. The third-order valence-electron chi connectivity index (χ3n) is 9.26. The number of ether oxygens (including phenoxy) is 4. The minimum absolute atomic E-state index is 0.145. The lowest BCUT2D eigenvalue weighted by Crippen LogP contribution is -2.54. The molecule has 2 N–H and O–H groups in total. The highest BCUT2D eigenvalue weighted by molar-refractivity contribution is 14.1. The molecule has 0 radical (unpaired) electrons. The summed E-state index contributed by atoms with van der Waals surface area (Å²) in [6, 6.07) is 11.2. The lowest BCUT2D eigenvalue weighted by molar-refractivity contribution is -0.169. The Balaban J connectivity index is 1.19. The second kappa shape index (κ2) is 14.9. The number of carbonyl (C=O) groups excluding carboxylic acids is 2. The molecule has 4 aliphatic rings. The molecule has 0 aromatic heterocycles. The van der Waals surface area contributed by atoms with Crippen LogP contribution < -0.4 is 9.47 Å². The van der Waals surface area contributed by atoms with Crippen LogP contribution >= 0.6 is 22.6 Å². The van der Waals surface area contributed by atoms with Gasteiger partial charge in [-0.1, -0.05) is 48.6 Å². The van der Waals surface area contributed by atoms with Gasteiger partial charge in [-0.25, -0.2) is 13.6 Å². The average molecular weight is 859 g/mol. The number of rotatable bonds is 12. The molecule has 17 heteroatoms. The molecule has 0 spiro atoms. The fourth-order valence-electron chi connectivity index (χ4n) is 7.28. The van der Waals surface area contributed by atoms with Crippen molar-refractivity contribution in [2.75, 3.05) is 26.4 Å². The number of carbonyl (C=O) groups is 3. The van der Waals surface area contributed by atoms with Gasteiger partial charge in [-0.3, -0.25) is 14.1 Å². The molecule has 4 aliphatic carbocycles. The van der Waals surface area contributed by atoms with Crippen LogP contribution in [-0.4, -0.2) is 62.4 Å². The normalized spacial score (nSPS) is 22.7. The molecular weight excluding hydrogens is 831 g/mol. The molecular formula is C35H27F4IO11S. The Labute approximate surface area is 307 Å². The van der Waals surface area contributed by atoms with E-state index in [1.54, 1.807) is 28.7 Å². The predicted molar refractivity (Wildman–Crippen MR) is 179 cm³/mol. The van der Waals surface area contributed by atoms with Crippen molar-refractivity contribution in [2.24, 2.45) is 23.7 Å². The van der Waals surface area contributed by atoms with Gasteiger partial charge in [-0.05, 0) is 63.8 Å².